The standard InChI is InChI=1S/C27H29N3O5/c1-3-34-23-12-10-22(11-13-23)30-17-21(15-25(30)31)27(33)29(18-24-5-4-14-35-24)16-19-6-8-20(9-7-19)26(32)28-2/h4-14,21H,3,15-18H2,1-2H3,(H,28,32). The lowest BCUT2D eigenvalue weighted by atomic mass is 10.1. The lowest BCUT2D eigenvalue weighted by Crippen LogP contribution is -2.36. The van der Waals surface area contributed by atoms with Crippen molar-refractivity contribution in [3.63, 3.8) is 0 Å². The Morgan fingerprint density at radius 2 is 1.83 bits per heavy atom. The maximum absolute atomic E-state index is 13.6. The van der Waals surface area contributed by atoms with Gasteiger partial charge in [0.2, 0.25) is 11.8 Å². The molecule has 1 saturated heterocycles. The van der Waals surface area contributed by atoms with E-state index in [1.807, 2.05) is 49.4 Å². The molecule has 0 saturated carbocycles. The number of amides is 3. The van der Waals surface area contributed by atoms with Gasteiger partial charge >= 0.3 is 0 Å². The van der Waals surface area contributed by atoms with Crippen molar-refractivity contribution in [2.24, 2.45) is 5.92 Å². The molecular formula is C27H29N3O5. The molecule has 1 unspecified atom stereocenters. The molecule has 1 aliphatic heterocycles. The lowest BCUT2D eigenvalue weighted by Gasteiger charge is -2.25. The maximum Gasteiger partial charge on any atom is 0.251 e. The summed E-state index contributed by atoms with van der Waals surface area (Å²) in [5.74, 6) is 0.572. The molecule has 3 aromatic rings. The molecule has 3 amide bonds. The highest BCUT2D eigenvalue weighted by atomic mass is 16.5. The molecule has 0 radical (unpaired) electrons. The average molecular weight is 476 g/mol. The molecule has 1 aromatic heterocycles. The van der Waals surface area contributed by atoms with Crippen molar-refractivity contribution in [3.8, 4) is 5.75 Å². The number of benzene rings is 2. The summed E-state index contributed by atoms with van der Waals surface area (Å²) in [7, 11) is 1.58. The Hall–Kier alpha value is -4.07. The number of hydrogen-bond donors (Lipinski definition) is 1. The molecule has 2 aromatic carbocycles. The van der Waals surface area contributed by atoms with Gasteiger partial charge in [0.15, 0.2) is 0 Å². The minimum atomic E-state index is -0.464. The van der Waals surface area contributed by atoms with Crippen LogP contribution in [0.25, 0.3) is 0 Å². The second kappa shape index (κ2) is 10.9. The quantitative estimate of drug-likeness (QED) is 0.510. The fraction of sp³-hybridized carbons (Fsp3) is 0.296. The summed E-state index contributed by atoms with van der Waals surface area (Å²) < 4.78 is 11.0. The molecule has 2 heterocycles. The van der Waals surface area contributed by atoms with Crippen molar-refractivity contribution in [3.05, 3.63) is 83.8 Å². The second-order valence-corrected chi connectivity index (χ2v) is 8.38. The Labute approximate surface area is 204 Å². The SMILES string of the molecule is CCOc1ccc(N2CC(C(=O)N(Cc3ccc(C(=O)NC)cc3)Cc3ccco3)CC2=O)cc1. The molecule has 8 nitrogen and oxygen atoms in total. The smallest absolute Gasteiger partial charge is 0.251 e. The highest BCUT2D eigenvalue weighted by Gasteiger charge is 2.37. The molecule has 182 valence electrons. The zero-order valence-electron chi connectivity index (χ0n) is 19.9. The first-order chi connectivity index (χ1) is 17.0. The van der Waals surface area contributed by atoms with E-state index in [9.17, 15) is 14.4 Å². The van der Waals surface area contributed by atoms with Crippen molar-refractivity contribution in [1.82, 2.24) is 10.2 Å². The van der Waals surface area contributed by atoms with Crippen LogP contribution >= 0.6 is 0 Å². The molecule has 0 spiro atoms. The zero-order chi connectivity index (χ0) is 24.8. The van der Waals surface area contributed by atoms with Crippen LogP contribution in [0, 0.1) is 5.92 Å². The monoisotopic (exact) mass is 475 g/mol. The van der Waals surface area contributed by atoms with Crippen molar-refractivity contribution in [2.75, 3.05) is 25.1 Å². The zero-order valence-corrected chi connectivity index (χ0v) is 19.9. The van der Waals surface area contributed by atoms with Crippen LogP contribution in [0.5, 0.6) is 5.75 Å². The molecule has 4 rings (SSSR count). The van der Waals surface area contributed by atoms with Crippen molar-refractivity contribution < 1.29 is 23.5 Å². The minimum absolute atomic E-state index is 0.0830. The fourth-order valence-electron chi connectivity index (χ4n) is 4.20. The summed E-state index contributed by atoms with van der Waals surface area (Å²) in [4.78, 5) is 41.6. The summed E-state index contributed by atoms with van der Waals surface area (Å²) in [6.45, 7) is 3.42. The van der Waals surface area contributed by atoms with Gasteiger partial charge < -0.3 is 24.3 Å². The predicted molar refractivity (Wildman–Crippen MR) is 131 cm³/mol. The highest BCUT2D eigenvalue weighted by molar-refractivity contribution is 6.00. The van der Waals surface area contributed by atoms with Gasteiger partial charge in [0, 0.05) is 37.8 Å². The minimum Gasteiger partial charge on any atom is -0.494 e. The van der Waals surface area contributed by atoms with E-state index < -0.39 is 5.92 Å². The first-order valence-electron chi connectivity index (χ1n) is 11.6. The third-order valence-corrected chi connectivity index (χ3v) is 5.99. The second-order valence-electron chi connectivity index (χ2n) is 8.38. The van der Waals surface area contributed by atoms with Gasteiger partial charge in [-0.1, -0.05) is 12.1 Å². The van der Waals surface area contributed by atoms with Gasteiger partial charge in [0.25, 0.3) is 5.91 Å². The number of hydrogen-bond acceptors (Lipinski definition) is 5. The molecule has 8 heteroatoms. The lowest BCUT2D eigenvalue weighted by molar-refractivity contribution is -0.137. The van der Waals surface area contributed by atoms with E-state index in [0.29, 0.717) is 31.0 Å². The average Bonchev–Trinajstić information content (AvgIpc) is 3.53. The molecule has 1 atom stereocenters. The molecule has 1 aliphatic rings. The van der Waals surface area contributed by atoms with E-state index in [2.05, 4.69) is 5.32 Å². The highest BCUT2D eigenvalue weighted by Crippen LogP contribution is 2.29. The van der Waals surface area contributed by atoms with Crippen LogP contribution in [-0.2, 0) is 22.7 Å². The number of nitrogens with zero attached hydrogens (tertiary/aromatic N) is 2. The van der Waals surface area contributed by atoms with Gasteiger partial charge in [-0.3, -0.25) is 14.4 Å². The molecule has 35 heavy (non-hydrogen) atoms. The Morgan fingerprint density at radius 1 is 1.09 bits per heavy atom. The molecular weight excluding hydrogens is 446 g/mol. The maximum atomic E-state index is 13.6. The molecule has 0 bridgehead atoms. The van der Waals surface area contributed by atoms with Crippen LogP contribution in [0.2, 0.25) is 0 Å². The van der Waals surface area contributed by atoms with Crippen LogP contribution in [-0.4, -0.2) is 42.8 Å². The normalized spacial score (nSPS) is 15.2. The summed E-state index contributed by atoms with van der Waals surface area (Å²) in [6.07, 6.45) is 1.72. The fourth-order valence-corrected chi connectivity index (χ4v) is 4.20. The first-order valence-corrected chi connectivity index (χ1v) is 11.6. The van der Waals surface area contributed by atoms with E-state index in [4.69, 9.17) is 9.15 Å². The van der Waals surface area contributed by atoms with Crippen molar-refractivity contribution in [1.29, 1.82) is 0 Å². The van der Waals surface area contributed by atoms with Crippen molar-refractivity contribution in [2.45, 2.75) is 26.4 Å². The van der Waals surface area contributed by atoms with Gasteiger partial charge in [-0.25, -0.2) is 0 Å². The van der Waals surface area contributed by atoms with Crippen LogP contribution in [0.3, 0.4) is 0 Å². The van der Waals surface area contributed by atoms with Crippen LogP contribution in [0.4, 0.5) is 5.69 Å². The van der Waals surface area contributed by atoms with Crippen LogP contribution in [0.1, 0.15) is 35.0 Å². The predicted octanol–water partition coefficient (Wildman–Crippen LogP) is 3.62. The Bertz CT molecular complexity index is 1160. The first kappa shape index (κ1) is 24.1. The largest absolute Gasteiger partial charge is 0.494 e. The van der Waals surface area contributed by atoms with E-state index >= 15 is 0 Å². The summed E-state index contributed by atoms with van der Waals surface area (Å²) in [5, 5.41) is 2.60. The third-order valence-electron chi connectivity index (χ3n) is 5.99. The van der Waals surface area contributed by atoms with Gasteiger partial charge in [0.05, 0.1) is 25.3 Å². The van der Waals surface area contributed by atoms with Crippen molar-refractivity contribution >= 4 is 23.4 Å². The Balaban J connectivity index is 1.49. The third kappa shape index (κ3) is 5.71. The number of anilines is 1. The summed E-state index contributed by atoms with van der Waals surface area (Å²) in [5.41, 5.74) is 2.17. The van der Waals surface area contributed by atoms with Crippen LogP contribution < -0.4 is 15.0 Å². The van der Waals surface area contributed by atoms with E-state index in [1.54, 1.807) is 41.3 Å². The number of rotatable bonds is 9. The van der Waals surface area contributed by atoms with Crippen LogP contribution in [0.15, 0.2) is 71.3 Å². The number of carbonyl (C=O) groups excluding carboxylic acids is 3. The molecule has 1 N–H and O–H groups in total. The molecule has 0 aliphatic carbocycles. The van der Waals surface area contributed by atoms with Gasteiger partial charge in [-0.15, -0.1) is 0 Å². The van der Waals surface area contributed by atoms with Gasteiger partial charge in [0.1, 0.15) is 11.5 Å². The molecule has 1 fully saturated rings. The van der Waals surface area contributed by atoms with E-state index in [1.165, 1.54) is 0 Å². The number of ether oxygens (including phenoxy) is 1. The Kier molecular flexibility index (Phi) is 7.50. The van der Waals surface area contributed by atoms with Gasteiger partial charge in [-0.05, 0) is 61.0 Å². The van der Waals surface area contributed by atoms with E-state index in [0.717, 1.165) is 17.0 Å². The number of carbonyl (C=O) groups is 3. The Morgan fingerprint density at radius 3 is 2.46 bits per heavy atom. The van der Waals surface area contributed by atoms with Gasteiger partial charge in [-0.2, -0.15) is 0 Å². The summed E-state index contributed by atoms with van der Waals surface area (Å²) in [6, 6.07) is 18.1. The summed E-state index contributed by atoms with van der Waals surface area (Å²) >= 11 is 0. The number of nitrogens with one attached hydrogen (secondary N) is 1. The topological polar surface area (TPSA) is 92.1 Å². The number of furan rings is 1. The van der Waals surface area contributed by atoms with E-state index in [-0.39, 0.29) is 30.7 Å².